The average Bonchev–Trinajstić information content (AvgIpc) is 2.52. The van der Waals surface area contributed by atoms with Gasteiger partial charge in [-0.1, -0.05) is 43.3 Å². The summed E-state index contributed by atoms with van der Waals surface area (Å²) in [6, 6.07) is 12.5. The van der Waals surface area contributed by atoms with Crippen LogP contribution in [0.3, 0.4) is 0 Å². The third-order valence-electron chi connectivity index (χ3n) is 3.33. The van der Waals surface area contributed by atoms with Crippen molar-refractivity contribution in [3.8, 4) is 0 Å². The van der Waals surface area contributed by atoms with Crippen LogP contribution >= 0.6 is 0 Å². The van der Waals surface area contributed by atoms with Gasteiger partial charge in [0.25, 0.3) is 0 Å². The first-order chi connectivity index (χ1) is 10.6. The number of rotatable bonds is 5. The summed E-state index contributed by atoms with van der Waals surface area (Å²) in [5.41, 5.74) is 0.719. The number of hydrogen-bond donors (Lipinski definition) is 3. The molecule has 116 valence electrons. The van der Waals surface area contributed by atoms with E-state index in [1.807, 2.05) is 49.4 Å². The second-order valence-corrected chi connectivity index (χ2v) is 5.14. The molecule has 2 rings (SSSR count). The van der Waals surface area contributed by atoms with Gasteiger partial charge in [0, 0.05) is 11.9 Å². The zero-order chi connectivity index (χ0) is 15.9. The topological polar surface area (TPSA) is 70.2 Å². The normalized spacial score (nSPS) is 11.7. The minimum absolute atomic E-state index is 0.185. The van der Waals surface area contributed by atoms with Gasteiger partial charge in [0.05, 0.1) is 5.69 Å². The molecule has 0 aliphatic carbocycles. The van der Waals surface area contributed by atoms with Gasteiger partial charge in [0.2, 0.25) is 5.91 Å². The van der Waals surface area contributed by atoms with E-state index in [4.69, 9.17) is 0 Å². The van der Waals surface area contributed by atoms with Gasteiger partial charge in [0.15, 0.2) is 0 Å². The summed E-state index contributed by atoms with van der Waals surface area (Å²) in [5, 5.41) is 10.2. The molecular formula is C17H21N3O2. The van der Waals surface area contributed by atoms with Crippen LogP contribution in [0.15, 0.2) is 42.5 Å². The first-order valence-corrected chi connectivity index (χ1v) is 7.44. The van der Waals surface area contributed by atoms with E-state index in [1.54, 1.807) is 6.92 Å². The Morgan fingerprint density at radius 2 is 1.82 bits per heavy atom. The van der Waals surface area contributed by atoms with Crippen LogP contribution in [0, 0.1) is 0 Å². The van der Waals surface area contributed by atoms with Gasteiger partial charge in [-0.05, 0) is 24.8 Å². The number of nitrogens with one attached hydrogen (secondary N) is 3. The van der Waals surface area contributed by atoms with E-state index >= 15 is 0 Å². The van der Waals surface area contributed by atoms with Crippen LogP contribution in [0.25, 0.3) is 10.8 Å². The molecule has 3 amide bonds. The minimum atomic E-state index is -0.582. The molecular weight excluding hydrogens is 278 g/mol. The highest BCUT2D eigenvalue weighted by Gasteiger charge is 2.15. The SMILES string of the molecule is CCCNC(=O)[C@@H](C)NC(=O)Nc1cccc2ccccc12. The Kier molecular flexibility index (Phi) is 5.36. The molecule has 5 heteroatoms. The lowest BCUT2D eigenvalue weighted by Crippen LogP contribution is -2.46. The molecule has 1 atom stereocenters. The van der Waals surface area contributed by atoms with Gasteiger partial charge >= 0.3 is 6.03 Å². The first kappa shape index (κ1) is 15.8. The van der Waals surface area contributed by atoms with E-state index in [1.165, 1.54) is 0 Å². The fourth-order valence-corrected chi connectivity index (χ4v) is 2.16. The Morgan fingerprint density at radius 3 is 2.59 bits per heavy atom. The molecule has 0 saturated heterocycles. The molecule has 0 aliphatic heterocycles. The van der Waals surface area contributed by atoms with Crippen molar-refractivity contribution in [3.63, 3.8) is 0 Å². The van der Waals surface area contributed by atoms with E-state index in [0.29, 0.717) is 6.54 Å². The van der Waals surface area contributed by atoms with Gasteiger partial charge in [0.1, 0.15) is 6.04 Å². The fraction of sp³-hybridized carbons (Fsp3) is 0.294. The largest absolute Gasteiger partial charge is 0.354 e. The zero-order valence-corrected chi connectivity index (χ0v) is 12.8. The minimum Gasteiger partial charge on any atom is -0.354 e. The van der Waals surface area contributed by atoms with Gasteiger partial charge in [-0.25, -0.2) is 4.79 Å². The molecule has 0 fully saturated rings. The summed E-state index contributed by atoms with van der Waals surface area (Å²) in [4.78, 5) is 23.8. The van der Waals surface area contributed by atoms with Crippen molar-refractivity contribution >= 4 is 28.4 Å². The van der Waals surface area contributed by atoms with Crippen molar-refractivity contribution in [2.75, 3.05) is 11.9 Å². The Hall–Kier alpha value is -2.56. The fourth-order valence-electron chi connectivity index (χ4n) is 2.16. The maximum Gasteiger partial charge on any atom is 0.319 e. The highest BCUT2D eigenvalue weighted by atomic mass is 16.2. The Labute approximate surface area is 130 Å². The van der Waals surface area contributed by atoms with Crippen LogP contribution in [-0.4, -0.2) is 24.5 Å². The van der Waals surface area contributed by atoms with Crippen LogP contribution in [0.4, 0.5) is 10.5 Å². The molecule has 0 spiro atoms. The van der Waals surface area contributed by atoms with Crippen LogP contribution in [-0.2, 0) is 4.79 Å². The van der Waals surface area contributed by atoms with Gasteiger partial charge in [-0.2, -0.15) is 0 Å². The van der Waals surface area contributed by atoms with E-state index in [2.05, 4.69) is 16.0 Å². The predicted molar refractivity (Wildman–Crippen MR) is 88.9 cm³/mol. The summed E-state index contributed by atoms with van der Waals surface area (Å²) in [7, 11) is 0. The van der Waals surface area contributed by atoms with E-state index in [0.717, 1.165) is 22.9 Å². The molecule has 0 saturated carbocycles. The number of urea groups is 1. The van der Waals surface area contributed by atoms with E-state index in [9.17, 15) is 9.59 Å². The summed E-state index contributed by atoms with van der Waals surface area (Å²) in [5.74, 6) is -0.185. The lowest BCUT2D eigenvalue weighted by molar-refractivity contribution is -0.122. The molecule has 0 unspecified atom stereocenters. The molecule has 5 nitrogen and oxygen atoms in total. The van der Waals surface area contributed by atoms with Crippen molar-refractivity contribution in [1.29, 1.82) is 0 Å². The first-order valence-electron chi connectivity index (χ1n) is 7.44. The highest BCUT2D eigenvalue weighted by Crippen LogP contribution is 2.22. The maximum atomic E-state index is 12.0. The molecule has 0 radical (unpaired) electrons. The zero-order valence-electron chi connectivity index (χ0n) is 12.8. The molecule has 0 bridgehead atoms. The number of carbonyl (C=O) groups is 2. The Bertz CT molecular complexity index is 665. The third kappa shape index (κ3) is 3.97. The van der Waals surface area contributed by atoms with Gasteiger partial charge < -0.3 is 16.0 Å². The van der Waals surface area contributed by atoms with Crippen molar-refractivity contribution in [3.05, 3.63) is 42.5 Å². The lowest BCUT2D eigenvalue weighted by atomic mass is 10.1. The maximum absolute atomic E-state index is 12.0. The quantitative estimate of drug-likeness (QED) is 0.794. The van der Waals surface area contributed by atoms with Crippen molar-refractivity contribution in [1.82, 2.24) is 10.6 Å². The Balaban J connectivity index is 2.00. The number of carbonyl (C=O) groups excluding carboxylic acids is 2. The van der Waals surface area contributed by atoms with Gasteiger partial charge in [-0.15, -0.1) is 0 Å². The van der Waals surface area contributed by atoms with Crippen LogP contribution in [0.2, 0.25) is 0 Å². The van der Waals surface area contributed by atoms with E-state index in [-0.39, 0.29) is 5.91 Å². The second-order valence-electron chi connectivity index (χ2n) is 5.14. The standard InChI is InChI=1S/C17H21N3O2/c1-3-11-18-16(21)12(2)19-17(22)20-15-10-6-8-13-7-4-5-9-14(13)15/h4-10,12H,3,11H2,1-2H3,(H,18,21)(H2,19,20,22)/t12-/m1/s1. The van der Waals surface area contributed by atoms with Crippen molar-refractivity contribution < 1.29 is 9.59 Å². The Morgan fingerprint density at radius 1 is 1.09 bits per heavy atom. The number of amides is 3. The second kappa shape index (κ2) is 7.45. The van der Waals surface area contributed by atoms with Crippen molar-refractivity contribution in [2.24, 2.45) is 0 Å². The number of hydrogen-bond acceptors (Lipinski definition) is 2. The van der Waals surface area contributed by atoms with Crippen LogP contribution in [0.1, 0.15) is 20.3 Å². The summed E-state index contributed by atoms with van der Waals surface area (Å²) >= 11 is 0. The molecule has 3 N–H and O–H groups in total. The molecule has 0 heterocycles. The lowest BCUT2D eigenvalue weighted by Gasteiger charge is -2.15. The molecule has 0 aromatic heterocycles. The van der Waals surface area contributed by atoms with Crippen LogP contribution in [0.5, 0.6) is 0 Å². The molecule has 2 aromatic rings. The van der Waals surface area contributed by atoms with Crippen LogP contribution < -0.4 is 16.0 Å². The highest BCUT2D eigenvalue weighted by molar-refractivity contribution is 6.02. The van der Waals surface area contributed by atoms with Crippen molar-refractivity contribution in [2.45, 2.75) is 26.3 Å². The predicted octanol–water partition coefficient (Wildman–Crippen LogP) is 2.88. The summed E-state index contributed by atoms with van der Waals surface area (Å²) in [6.45, 7) is 4.25. The molecule has 2 aromatic carbocycles. The number of fused-ring (bicyclic) bond motifs is 1. The van der Waals surface area contributed by atoms with E-state index < -0.39 is 12.1 Å². The number of benzene rings is 2. The summed E-state index contributed by atoms with van der Waals surface area (Å²) in [6.07, 6.45) is 0.862. The summed E-state index contributed by atoms with van der Waals surface area (Å²) < 4.78 is 0. The third-order valence-corrected chi connectivity index (χ3v) is 3.33. The monoisotopic (exact) mass is 299 g/mol. The number of anilines is 1. The van der Waals surface area contributed by atoms with Gasteiger partial charge in [-0.3, -0.25) is 4.79 Å². The smallest absolute Gasteiger partial charge is 0.319 e. The average molecular weight is 299 g/mol. The molecule has 0 aliphatic rings. The molecule has 22 heavy (non-hydrogen) atoms.